The number of ether oxygens (including phenoxy) is 2. The van der Waals surface area contributed by atoms with Crippen LogP contribution in [0.4, 0.5) is 4.79 Å². The summed E-state index contributed by atoms with van der Waals surface area (Å²) in [5.74, 6) is 0. The van der Waals surface area contributed by atoms with Crippen molar-refractivity contribution >= 4 is 6.09 Å². The van der Waals surface area contributed by atoms with E-state index in [4.69, 9.17) is 9.47 Å². The zero-order chi connectivity index (χ0) is 12.6. The van der Waals surface area contributed by atoms with Gasteiger partial charge in [0.05, 0.1) is 13.2 Å². The third-order valence-electron chi connectivity index (χ3n) is 2.26. The molecule has 0 N–H and O–H groups in total. The van der Waals surface area contributed by atoms with Gasteiger partial charge in [-0.15, -0.1) is 0 Å². The predicted octanol–water partition coefficient (Wildman–Crippen LogP) is 2.08. The van der Waals surface area contributed by atoms with Gasteiger partial charge in [-0.2, -0.15) is 9.78 Å². The van der Waals surface area contributed by atoms with E-state index in [-0.39, 0.29) is 6.61 Å². The molecule has 2 aromatic rings. The largest absolute Gasteiger partial charge is 0.445 e. The summed E-state index contributed by atoms with van der Waals surface area (Å²) in [6, 6.07) is 11.5. The van der Waals surface area contributed by atoms with E-state index in [1.54, 1.807) is 6.07 Å². The van der Waals surface area contributed by atoms with Crippen molar-refractivity contribution in [2.75, 3.05) is 13.2 Å². The smallest absolute Gasteiger partial charge is 0.434 e. The van der Waals surface area contributed by atoms with Crippen LogP contribution in [0.3, 0.4) is 0 Å². The molecular formula is C13H14N2O3. The minimum atomic E-state index is -0.497. The fraction of sp³-hybridized carbons (Fsp3) is 0.231. The maximum absolute atomic E-state index is 11.4. The molecule has 1 aromatic carbocycles. The molecule has 0 aliphatic rings. The molecule has 94 valence electrons. The first-order valence-electron chi connectivity index (χ1n) is 5.65. The lowest BCUT2D eigenvalue weighted by molar-refractivity contribution is 0.0642. The molecule has 0 aliphatic heterocycles. The third-order valence-corrected chi connectivity index (χ3v) is 2.26. The monoisotopic (exact) mass is 246 g/mol. The Morgan fingerprint density at radius 1 is 1.17 bits per heavy atom. The molecule has 0 unspecified atom stereocenters. The standard InChI is InChI=1S/C13H14N2O3/c16-13(15-8-4-7-14-15)18-10-9-17-11-12-5-2-1-3-6-12/h1-8H,9-11H2. The highest BCUT2D eigenvalue weighted by Gasteiger charge is 2.04. The van der Waals surface area contributed by atoms with Gasteiger partial charge < -0.3 is 9.47 Å². The van der Waals surface area contributed by atoms with Crippen LogP contribution in [-0.4, -0.2) is 29.1 Å². The zero-order valence-electron chi connectivity index (χ0n) is 9.86. The Kier molecular flexibility index (Phi) is 4.49. The summed E-state index contributed by atoms with van der Waals surface area (Å²) >= 11 is 0. The van der Waals surface area contributed by atoms with Crippen LogP contribution in [0.1, 0.15) is 5.56 Å². The molecule has 1 aromatic heterocycles. The first-order chi connectivity index (χ1) is 8.86. The van der Waals surface area contributed by atoms with E-state index in [9.17, 15) is 4.79 Å². The molecule has 0 radical (unpaired) electrons. The fourth-order valence-electron chi connectivity index (χ4n) is 1.40. The van der Waals surface area contributed by atoms with Crippen molar-refractivity contribution in [3.63, 3.8) is 0 Å². The van der Waals surface area contributed by atoms with Crippen LogP contribution in [-0.2, 0) is 16.1 Å². The van der Waals surface area contributed by atoms with Gasteiger partial charge in [0, 0.05) is 12.4 Å². The fourth-order valence-corrected chi connectivity index (χ4v) is 1.40. The highest BCUT2D eigenvalue weighted by atomic mass is 16.6. The summed E-state index contributed by atoms with van der Waals surface area (Å²) in [4.78, 5) is 11.4. The maximum Gasteiger partial charge on any atom is 0.434 e. The van der Waals surface area contributed by atoms with Crippen LogP contribution in [0.15, 0.2) is 48.8 Å². The minimum absolute atomic E-state index is 0.214. The van der Waals surface area contributed by atoms with Crippen molar-refractivity contribution in [3.8, 4) is 0 Å². The zero-order valence-corrected chi connectivity index (χ0v) is 9.86. The Labute approximate surface area is 105 Å². The van der Waals surface area contributed by atoms with Gasteiger partial charge in [0.1, 0.15) is 6.61 Å². The molecule has 18 heavy (non-hydrogen) atoms. The van der Waals surface area contributed by atoms with Crippen LogP contribution in [0, 0.1) is 0 Å². The highest BCUT2D eigenvalue weighted by molar-refractivity contribution is 5.68. The van der Waals surface area contributed by atoms with E-state index >= 15 is 0 Å². The Bertz CT molecular complexity index is 468. The van der Waals surface area contributed by atoms with Crippen LogP contribution >= 0.6 is 0 Å². The Morgan fingerprint density at radius 3 is 2.72 bits per heavy atom. The van der Waals surface area contributed by atoms with E-state index in [0.29, 0.717) is 13.2 Å². The maximum atomic E-state index is 11.4. The lowest BCUT2D eigenvalue weighted by Gasteiger charge is -2.05. The van der Waals surface area contributed by atoms with Gasteiger partial charge in [0.2, 0.25) is 0 Å². The molecule has 0 saturated heterocycles. The molecule has 2 rings (SSSR count). The average Bonchev–Trinajstić information content (AvgIpc) is 2.93. The van der Waals surface area contributed by atoms with Crippen LogP contribution in [0.5, 0.6) is 0 Å². The molecule has 5 heteroatoms. The number of aromatic nitrogens is 2. The topological polar surface area (TPSA) is 53.4 Å². The second-order valence-electron chi connectivity index (χ2n) is 3.60. The van der Waals surface area contributed by atoms with E-state index in [2.05, 4.69) is 5.10 Å². The normalized spacial score (nSPS) is 10.2. The van der Waals surface area contributed by atoms with Crippen molar-refractivity contribution in [2.45, 2.75) is 6.61 Å². The van der Waals surface area contributed by atoms with E-state index in [1.807, 2.05) is 30.3 Å². The molecular weight excluding hydrogens is 232 g/mol. The summed E-state index contributed by atoms with van der Waals surface area (Å²) in [5.41, 5.74) is 1.09. The number of carbonyl (C=O) groups is 1. The predicted molar refractivity (Wildman–Crippen MR) is 65.1 cm³/mol. The van der Waals surface area contributed by atoms with Gasteiger partial charge in [-0.25, -0.2) is 4.79 Å². The molecule has 1 heterocycles. The van der Waals surface area contributed by atoms with Crippen LogP contribution in [0.25, 0.3) is 0 Å². The van der Waals surface area contributed by atoms with E-state index in [0.717, 1.165) is 10.2 Å². The van der Waals surface area contributed by atoms with Crippen molar-refractivity contribution in [3.05, 3.63) is 54.4 Å². The molecule has 0 bridgehead atoms. The minimum Gasteiger partial charge on any atom is -0.445 e. The third kappa shape index (κ3) is 3.71. The van der Waals surface area contributed by atoms with Crippen LogP contribution < -0.4 is 0 Å². The van der Waals surface area contributed by atoms with Gasteiger partial charge >= 0.3 is 6.09 Å². The molecule has 0 atom stereocenters. The molecule has 0 amide bonds. The first kappa shape index (κ1) is 12.3. The SMILES string of the molecule is O=C(OCCOCc1ccccc1)n1cccn1. The second-order valence-corrected chi connectivity index (χ2v) is 3.60. The summed E-state index contributed by atoms with van der Waals surface area (Å²) in [6.45, 7) is 1.09. The van der Waals surface area contributed by atoms with Crippen molar-refractivity contribution in [1.29, 1.82) is 0 Å². The van der Waals surface area contributed by atoms with Crippen molar-refractivity contribution in [1.82, 2.24) is 9.78 Å². The number of rotatable bonds is 5. The van der Waals surface area contributed by atoms with Crippen molar-refractivity contribution < 1.29 is 14.3 Å². The van der Waals surface area contributed by atoms with Gasteiger partial charge in [0.25, 0.3) is 0 Å². The Balaban J connectivity index is 1.61. The molecule has 0 saturated carbocycles. The Hall–Kier alpha value is -2.14. The first-order valence-corrected chi connectivity index (χ1v) is 5.65. The summed E-state index contributed by atoms with van der Waals surface area (Å²) in [7, 11) is 0. The second kappa shape index (κ2) is 6.56. The summed E-state index contributed by atoms with van der Waals surface area (Å²) in [5, 5.41) is 3.76. The number of hydrogen-bond acceptors (Lipinski definition) is 4. The van der Waals surface area contributed by atoms with Gasteiger partial charge in [-0.1, -0.05) is 30.3 Å². The van der Waals surface area contributed by atoms with E-state index in [1.165, 1.54) is 12.4 Å². The van der Waals surface area contributed by atoms with Crippen LogP contribution in [0.2, 0.25) is 0 Å². The highest BCUT2D eigenvalue weighted by Crippen LogP contribution is 2.00. The van der Waals surface area contributed by atoms with Gasteiger partial charge in [-0.05, 0) is 11.6 Å². The average molecular weight is 246 g/mol. The Morgan fingerprint density at radius 2 is 2.00 bits per heavy atom. The summed E-state index contributed by atoms with van der Waals surface area (Å²) in [6.07, 6.45) is 2.56. The molecule has 0 aliphatic carbocycles. The number of nitrogens with zero attached hydrogens (tertiary/aromatic N) is 2. The lowest BCUT2D eigenvalue weighted by atomic mass is 10.2. The van der Waals surface area contributed by atoms with Gasteiger partial charge in [0.15, 0.2) is 0 Å². The molecule has 5 nitrogen and oxygen atoms in total. The molecule has 0 fully saturated rings. The quantitative estimate of drug-likeness (QED) is 0.758. The summed E-state index contributed by atoms with van der Waals surface area (Å²) < 4.78 is 11.5. The van der Waals surface area contributed by atoms with E-state index < -0.39 is 6.09 Å². The van der Waals surface area contributed by atoms with Crippen molar-refractivity contribution in [2.24, 2.45) is 0 Å². The number of carbonyl (C=O) groups excluding carboxylic acids is 1. The lowest BCUT2D eigenvalue weighted by Crippen LogP contribution is -2.17. The molecule has 0 spiro atoms. The van der Waals surface area contributed by atoms with Gasteiger partial charge in [-0.3, -0.25) is 0 Å². The number of benzene rings is 1. The number of hydrogen-bond donors (Lipinski definition) is 0.